The first-order valence-corrected chi connectivity index (χ1v) is 11.6. The first kappa shape index (κ1) is 24.1. The van der Waals surface area contributed by atoms with Crippen molar-refractivity contribution in [2.24, 2.45) is 5.92 Å². The Labute approximate surface area is 183 Å². The van der Waals surface area contributed by atoms with E-state index in [0.717, 1.165) is 11.0 Å². The van der Waals surface area contributed by atoms with Crippen molar-refractivity contribution in [2.75, 3.05) is 20.2 Å². The van der Waals surface area contributed by atoms with Gasteiger partial charge >= 0.3 is 0 Å². The fourth-order valence-corrected chi connectivity index (χ4v) is 3.85. The lowest BCUT2D eigenvalue weighted by atomic mass is 9.97. The Morgan fingerprint density at radius 3 is 2.19 bits per heavy atom. The Morgan fingerprint density at radius 1 is 1.03 bits per heavy atom. The number of carbonyl (C=O) groups is 2. The quantitative estimate of drug-likeness (QED) is 0.569. The molecule has 0 radical (unpaired) electrons. The van der Waals surface area contributed by atoms with Gasteiger partial charge in [0.2, 0.25) is 11.8 Å². The van der Waals surface area contributed by atoms with Gasteiger partial charge in [-0.05, 0) is 49.6 Å². The summed E-state index contributed by atoms with van der Waals surface area (Å²) in [4.78, 5) is 27.4. The Bertz CT molecular complexity index is 998. The van der Waals surface area contributed by atoms with Gasteiger partial charge in [0, 0.05) is 13.1 Å². The number of hydrogen-bond donors (Lipinski definition) is 1. The minimum Gasteiger partial charge on any atom is -0.497 e. The van der Waals surface area contributed by atoms with Gasteiger partial charge in [0.1, 0.15) is 11.7 Å². The second-order valence-electron chi connectivity index (χ2n) is 6.84. The Balaban J connectivity index is 2.23. The fraction of sp³-hybridized carbons (Fsp3) is 0.304. The van der Waals surface area contributed by atoms with Crippen LogP contribution in [0.3, 0.4) is 0 Å². The van der Waals surface area contributed by atoms with Gasteiger partial charge in [0.05, 0.1) is 12.5 Å². The van der Waals surface area contributed by atoms with Gasteiger partial charge in [-0.2, -0.15) is 0 Å². The summed E-state index contributed by atoms with van der Waals surface area (Å²) in [5.74, 6) is -1.80. The van der Waals surface area contributed by atoms with Crippen LogP contribution in [0.15, 0.2) is 60.0 Å². The van der Waals surface area contributed by atoms with E-state index < -0.39 is 27.8 Å². The van der Waals surface area contributed by atoms with E-state index >= 15 is 0 Å². The van der Waals surface area contributed by atoms with E-state index in [1.165, 1.54) is 11.0 Å². The number of hydrogen-bond acceptors (Lipinski definition) is 5. The molecule has 0 aromatic heterocycles. The summed E-state index contributed by atoms with van der Waals surface area (Å²) in [6.45, 7) is 4.46. The van der Waals surface area contributed by atoms with Crippen LogP contribution in [0.4, 0.5) is 0 Å². The van der Waals surface area contributed by atoms with Crippen molar-refractivity contribution in [3.05, 3.63) is 71.1 Å². The summed E-state index contributed by atoms with van der Waals surface area (Å²) in [6, 6.07) is 15.8. The maximum atomic E-state index is 13.0. The van der Waals surface area contributed by atoms with E-state index in [2.05, 4.69) is 0 Å². The zero-order valence-electron chi connectivity index (χ0n) is 17.9. The lowest BCUT2D eigenvalue weighted by Crippen LogP contribution is -2.45. The van der Waals surface area contributed by atoms with Gasteiger partial charge in [-0.15, -0.1) is 0 Å². The molecule has 0 aliphatic heterocycles. The Morgan fingerprint density at radius 2 is 1.65 bits per heavy atom. The lowest BCUT2D eigenvalue weighted by Gasteiger charge is -2.24. The van der Waals surface area contributed by atoms with Gasteiger partial charge in [-0.1, -0.05) is 42.5 Å². The number of carbonyl (C=O) groups excluding carboxylic acids is 2. The molecule has 2 amide bonds. The predicted octanol–water partition coefficient (Wildman–Crippen LogP) is 2.84. The largest absolute Gasteiger partial charge is 0.497 e. The number of nitrogens with zero attached hydrogens (tertiary/aromatic N) is 1. The Hall–Kier alpha value is -3.13. The number of ether oxygens (including phenoxy) is 1. The number of rotatable bonds is 10. The van der Waals surface area contributed by atoms with Crippen molar-refractivity contribution in [1.82, 2.24) is 9.62 Å². The third-order valence-electron chi connectivity index (χ3n) is 4.77. The first-order valence-electron chi connectivity index (χ1n) is 10.0. The Kier molecular flexibility index (Phi) is 8.81. The van der Waals surface area contributed by atoms with Gasteiger partial charge < -0.3 is 9.64 Å². The number of amides is 2. The van der Waals surface area contributed by atoms with Crippen LogP contribution >= 0.6 is 0 Å². The molecule has 0 spiro atoms. The van der Waals surface area contributed by atoms with Crippen molar-refractivity contribution < 1.29 is 22.7 Å². The van der Waals surface area contributed by atoms with Crippen LogP contribution in [0.2, 0.25) is 0 Å². The molecule has 0 bridgehead atoms. The smallest absolute Gasteiger partial charge is 0.257 e. The van der Waals surface area contributed by atoms with Crippen LogP contribution in [-0.4, -0.2) is 45.3 Å². The maximum absolute atomic E-state index is 13.0. The molecular formula is C23H28N2O5S. The van der Waals surface area contributed by atoms with Crippen molar-refractivity contribution in [3.63, 3.8) is 0 Å². The molecule has 0 aliphatic rings. The van der Waals surface area contributed by atoms with Crippen LogP contribution in [0.25, 0.3) is 6.08 Å². The molecular weight excluding hydrogens is 416 g/mol. The highest BCUT2D eigenvalue weighted by Gasteiger charge is 2.32. The molecule has 0 fully saturated rings. The van der Waals surface area contributed by atoms with Gasteiger partial charge in [-0.3, -0.25) is 9.59 Å². The molecule has 2 rings (SSSR count). The van der Waals surface area contributed by atoms with Crippen LogP contribution in [0.1, 0.15) is 25.0 Å². The van der Waals surface area contributed by atoms with Crippen LogP contribution < -0.4 is 9.46 Å². The highest BCUT2D eigenvalue weighted by Crippen LogP contribution is 2.17. The van der Waals surface area contributed by atoms with Crippen molar-refractivity contribution in [1.29, 1.82) is 0 Å². The van der Waals surface area contributed by atoms with E-state index in [1.54, 1.807) is 55.6 Å². The third-order valence-corrected chi connectivity index (χ3v) is 5.75. The van der Waals surface area contributed by atoms with Gasteiger partial charge in [0.25, 0.3) is 10.0 Å². The van der Waals surface area contributed by atoms with Crippen LogP contribution in [0, 0.1) is 5.92 Å². The average Bonchev–Trinajstić information content (AvgIpc) is 2.77. The molecule has 166 valence electrons. The standard InChI is InChI=1S/C23H28N2O5S/c1-4-25(5-2)23(27)21(17-19-11-13-20(30-3)14-12-19)22(26)24-31(28,29)16-15-18-9-7-6-8-10-18/h6-16,21H,4-5,17H2,1-3H3,(H,24,26). The molecule has 2 aromatic carbocycles. The molecule has 0 saturated heterocycles. The zero-order chi connectivity index (χ0) is 22.9. The maximum Gasteiger partial charge on any atom is 0.257 e. The van der Waals surface area contributed by atoms with Crippen LogP contribution in [0.5, 0.6) is 5.75 Å². The molecule has 1 atom stereocenters. The molecule has 1 unspecified atom stereocenters. The number of sulfonamides is 1. The third kappa shape index (κ3) is 7.25. The topological polar surface area (TPSA) is 92.8 Å². The summed E-state index contributed by atoms with van der Waals surface area (Å²) in [5.41, 5.74) is 1.40. The molecule has 0 aliphatic carbocycles. The van der Waals surface area contributed by atoms with Crippen molar-refractivity contribution in [3.8, 4) is 5.75 Å². The molecule has 31 heavy (non-hydrogen) atoms. The normalized spacial score (nSPS) is 12.4. The first-order chi connectivity index (χ1) is 14.8. The summed E-state index contributed by atoms with van der Waals surface area (Å²) in [7, 11) is -2.53. The fourth-order valence-electron chi connectivity index (χ4n) is 3.02. The average molecular weight is 445 g/mol. The molecule has 0 heterocycles. The highest BCUT2D eigenvalue weighted by atomic mass is 32.2. The predicted molar refractivity (Wildman–Crippen MR) is 121 cm³/mol. The van der Waals surface area contributed by atoms with E-state index in [9.17, 15) is 18.0 Å². The van der Waals surface area contributed by atoms with E-state index in [1.807, 2.05) is 24.6 Å². The SMILES string of the molecule is CCN(CC)C(=O)C(Cc1ccc(OC)cc1)C(=O)NS(=O)(=O)C=Cc1ccccc1. The number of benzene rings is 2. The van der Waals surface area contributed by atoms with Crippen molar-refractivity contribution in [2.45, 2.75) is 20.3 Å². The molecule has 0 saturated carbocycles. The molecule has 8 heteroatoms. The summed E-state index contributed by atoms with van der Waals surface area (Å²) >= 11 is 0. The van der Waals surface area contributed by atoms with Crippen molar-refractivity contribution >= 4 is 27.9 Å². The second kappa shape index (κ2) is 11.3. The minimum absolute atomic E-state index is 0.0725. The van der Waals surface area contributed by atoms with Gasteiger partial charge in [0.15, 0.2) is 0 Å². The minimum atomic E-state index is -4.07. The van der Waals surface area contributed by atoms with E-state index in [-0.39, 0.29) is 6.42 Å². The second-order valence-corrected chi connectivity index (χ2v) is 8.41. The highest BCUT2D eigenvalue weighted by molar-refractivity contribution is 7.93. The molecule has 2 aromatic rings. The molecule has 7 nitrogen and oxygen atoms in total. The summed E-state index contributed by atoms with van der Waals surface area (Å²) in [5, 5.41) is 0.923. The monoisotopic (exact) mass is 444 g/mol. The van der Waals surface area contributed by atoms with E-state index in [4.69, 9.17) is 4.74 Å². The number of nitrogens with one attached hydrogen (secondary N) is 1. The van der Waals surface area contributed by atoms with E-state index in [0.29, 0.717) is 24.4 Å². The van der Waals surface area contributed by atoms with Gasteiger partial charge in [-0.25, -0.2) is 13.1 Å². The zero-order valence-corrected chi connectivity index (χ0v) is 18.8. The summed E-state index contributed by atoms with van der Waals surface area (Å²) in [6.07, 6.45) is 1.46. The van der Waals surface area contributed by atoms with Crippen LogP contribution in [-0.2, 0) is 26.0 Å². The lowest BCUT2D eigenvalue weighted by molar-refractivity contribution is -0.141. The molecule has 1 N–H and O–H groups in total. The number of methoxy groups -OCH3 is 1. The summed E-state index contributed by atoms with van der Waals surface area (Å²) < 4.78 is 32.0.